The normalized spacial score (nSPS) is 19.0. The van der Waals surface area contributed by atoms with Crippen LogP contribution in [-0.4, -0.2) is 47.8 Å². The van der Waals surface area contributed by atoms with Crippen molar-refractivity contribution in [2.45, 2.75) is 33.1 Å². The number of benzene rings is 1. The van der Waals surface area contributed by atoms with Gasteiger partial charge < -0.3 is 9.80 Å². The van der Waals surface area contributed by atoms with Crippen LogP contribution >= 0.6 is 0 Å². The fourth-order valence-electron chi connectivity index (χ4n) is 3.15. The van der Waals surface area contributed by atoms with E-state index in [4.69, 9.17) is 0 Å². The number of amides is 2. The largest absolute Gasteiger partial charge is 0.341 e. The first-order chi connectivity index (χ1) is 10.6. The van der Waals surface area contributed by atoms with Gasteiger partial charge in [0.25, 0.3) is 5.91 Å². The minimum absolute atomic E-state index is 0.0956. The minimum atomic E-state index is 0.0956. The molecule has 1 aromatic rings. The van der Waals surface area contributed by atoms with E-state index in [0.29, 0.717) is 19.0 Å². The molecule has 0 spiro atoms. The van der Waals surface area contributed by atoms with Gasteiger partial charge in [-0.05, 0) is 44.7 Å². The fourth-order valence-corrected chi connectivity index (χ4v) is 3.15. The van der Waals surface area contributed by atoms with Crippen molar-refractivity contribution in [1.82, 2.24) is 9.80 Å². The van der Waals surface area contributed by atoms with Crippen molar-refractivity contribution in [2.24, 2.45) is 5.92 Å². The molecular weight excluding hydrogens is 276 g/mol. The molecule has 118 valence electrons. The van der Waals surface area contributed by atoms with Gasteiger partial charge in [0.2, 0.25) is 5.91 Å². The summed E-state index contributed by atoms with van der Waals surface area (Å²) >= 11 is 0. The average molecular weight is 300 g/mol. The second-order valence-electron chi connectivity index (χ2n) is 6.56. The molecule has 4 heteroatoms. The highest BCUT2D eigenvalue weighted by atomic mass is 16.2. The quantitative estimate of drug-likeness (QED) is 0.841. The van der Waals surface area contributed by atoms with E-state index in [0.717, 1.165) is 43.5 Å². The number of rotatable bonds is 2. The standard InChI is InChI=1S/C18H24N2O2/c1-13-4-7-16(14(2)12-13)18(22)20-9-3-8-19(10-11-20)17(21)15-5-6-15/h4,7,12,15H,3,5-6,8-11H2,1-2H3. The van der Waals surface area contributed by atoms with Crippen LogP contribution in [0.2, 0.25) is 0 Å². The Bertz CT molecular complexity index is 593. The molecule has 0 bridgehead atoms. The molecule has 4 nitrogen and oxygen atoms in total. The molecule has 0 unspecified atom stereocenters. The maximum atomic E-state index is 12.7. The SMILES string of the molecule is Cc1ccc(C(=O)N2CCCN(C(=O)C3CC3)CC2)c(C)c1. The summed E-state index contributed by atoms with van der Waals surface area (Å²) in [6.07, 6.45) is 2.95. The Morgan fingerprint density at radius 3 is 2.36 bits per heavy atom. The maximum Gasteiger partial charge on any atom is 0.254 e. The predicted octanol–water partition coefficient (Wildman–Crippen LogP) is 2.39. The van der Waals surface area contributed by atoms with Gasteiger partial charge in [0, 0.05) is 37.7 Å². The van der Waals surface area contributed by atoms with Crippen LogP contribution in [0.3, 0.4) is 0 Å². The first-order valence-corrected chi connectivity index (χ1v) is 8.21. The van der Waals surface area contributed by atoms with Crippen molar-refractivity contribution >= 4 is 11.8 Å². The van der Waals surface area contributed by atoms with E-state index in [1.807, 2.05) is 41.8 Å². The van der Waals surface area contributed by atoms with Crippen molar-refractivity contribution in [3.05, 3.63) is 34.9 Å². The Morgan fingerprint density at radius 2 is 1.68 bits per heavy atom. The molecule has 1 aliphatic carbocycles. The molecule has 1 aliphatic heterocycles. The highest BCUT2D eigenvalue weighted by molar-refractivity contribution is 5.95. The summed E-state index contributed by atoms with van der Waals surface area (Å²) in [4.78, 5) is 28.8. The Balaban J connectivity index is 1.67. The first kappa shape index (κ1) is 15.1. The third-order valence-electron chi connectivity index (χ3n) is 4.63. The first-order valence-electron chi connectivity index (χ1n) is 8.21. The molecule has 2 aliphatic rings. The zero-order valence-electron chi connectivity index (χ0n) is 13.5. The minimum Gasteiger partial charge on any atom is -0.341 e. The summed E-state index contributed by atoms with van der Waals surface area (Å²) in [6, 6.07) is 5.96. The van der Waals surface area contributed by atoms with Gasteiger partial charge in [0.15, 0.2) is 0 Å². The summed E-state index contributed by atoms with van der Waals surface area (Å²) in [5.74, 6) is 0.653. The molecule has 1 aromatic carbocycles. The van der Waals surface area contributed by atoms with Crippen LogP contribution in [0.15, 0.2) is 18.2 Å². The van der Waals surface area contributed by atoms with Crippen molar-refractivity contribution in [3.8, 4) is 0 Å². The number of carbonyl (C=O) groups excluding carboxylic acids is 2. The second-order valence-corrected chi connectivity index (χ2v) is 6.56. The topological polar surface area (TPSA) is 40.6 Å². The van der Waals surface area contributed by atoms with E-state index in [1.54, 1.807) is 0 Å². The molecule has 2 fully saturated rings. The fraction of sp³-hybridized carbons (Fsp3) is 0.556. The van der Waals surface area contributed by atoms with Crippen molar-refractivity contribution < 1.29 is 9.59 Å². The molecule has 1 saturated carbocycles. The third-order valence-corrected chi connectivity index (χ3v) is 4.63. The van der Waals surface area contributed by atoms with Crippen LogP contribution in [0.5, 0.6) is 0 Å². The van der Waals surface area contributed by atoms with Crippen LogP contribution in [0.25, 0.3) is 0 Å². The van der Waals surface area contributed by atoms with E-state index in [2.05, 4.69) is 0 Å². The Labute approximate surface area is 132 Å². The van der Waals surface area contributed by atoms with E-state index < -0.39 is 0 Å². The number of hydrogen-bond acceptors (Lipinski definition) is 2. The number of aryl methyl sites for hydroxylation is 2. The molecule has 1 heterocycles. The summed E-state index contributed by atoms with van der Waals surface area (Å²) in [5, 5.41) is 0. The summed E-state index contributed by atoms with van der Waals surface area (Å²) in [7, 11) is 0. The van der Waals surface area contributed by atoms with Gasteiger partial charge in [0.05, 0.1) is 0 Å². The van der Waals surface area contributed by atoms with Crippen LogP contribution in [0, 0.1) is 19.8 Å². The average Bonchev–Trinajstić information content (AvgIpc) is 3.32. The van der Waals surface area contributed by atoms with E-state index >= 15 is 0 Å². The molecule has 0 N–H and O–H groups in total. The van der Waals surface area contributed by atoms with Gasteiger partial charge in [-0.15, -0.1) is 0 Å². The maximum absolute atomic E-state index is 12.7. The summed E-state index contributed by atoms with van der Waals surface area (Å²) in [6.45, 7) is 6.86. The number of hydrogen-bond donors (Lipinski definition) is 0. The van der Waals surface area contributed by atoms with E-state index in [9.17, 15) is 9.59 Å². The molecule has 0 aromatic heterocycles. The molecule has 22 heavy (non-hydrogen) atoms. The zero-order chi connectivity index (χ0) is 15.7. The molecule has 1 saturated heterocycles. The summed E-state index contributed by atoms with van der Waals surface area (Å²) < 4.78 is 0. The van der Waals surface area contributed by atoms with Gasteiger partial charge >= 0.3 is 0 Å². The van der Waals surface area contributed by atoms with Gasteiger partial charge in [-0.2, -0.15) is 0 Å². The van der Waals surface area contributed by atoms with Crippen molar-refractivity contribution in [2.75, 3.05) is 26.2 Å². The number of carbonyl (C=O) groups is 2. The lowest BCUT2D eigenvalue weighted by Crippen LogP contribution is -2.38. The smallest absolute Gasteiger partial charge is 0.254 e. The van der Waals surface area contributed by atoms with Gasteiger partial charge in [0.1, 0.15) is 0 Å². The lowest BCUT2D eigenvalue weighted by atomic mass is 10.0. The third kappa shape index (κ3) is 3.16. The monoisotopic (exact) mass is 300 g/mol. The van der Waals surface area contributed by atoms with E-state index in [1.165, 1.54) is 5.56 Å². The van der Waals surface area contributed by atoms with Crippen molar-refractivity contribution in [3.63, 3.8) is 0 Å². The van der Waals surface area contributed by atoms with Gasteiger partial charge in [-0.3, -0.25) is 9.59 Å². The molecular formula is C18H24N2O2. The van der Waals surface area contributed by atoms with Crippen molar-refractivity contribution in [1.29, 1.82) is 0 Å². The Kier molecular flexibility index (Phi) is 4.19. The van der Waals surface area contributed by atoms with Gasteiger partial charge in [-0.1, -0.05) is 17.7 Å². The molecule has 3 rings (SSSR count). The van der Waals surface area contributed by atoms with Crippen LogP contribution in [0.1, 0.15) is 40.7 Å². The lowest BCUT2D eigenvalue weighted by Gasteiger charge is -2.23. The second kappa shape index (κ2) is 6.11. The highest BCUT2D eigenvalue weighted by Gasteiger charge is 2.34. The Hall–Kier alpha value is -1.84. The molecule has 0 radical (unpaired) electrons. The van der Waals surface area contributed by atoms with Gasteiger partial charge in [-0.25, -0.2) is 0 Å². The molecule has 0 atom stereocenters. The van der Waals surface area contributed by atoms with Crippen LogP contribution < -0.4 is 0 Å². The lowest BCUT2D eigenvalue weighted by molar-refractivity contribution is -0.132. The zero-order valence-corrected chi connectivity index (χ0v) is 13.5. The summed E-state index contributed by atoms with van der Waals surface area (Å²) in [5.41, 5.74) is 2.99. The highest BCUT2D eigenvalue weighted by Crippen LogP contribution is 2.31. The number of nitrogens with zero attached hydrogens (tertiary/aromatic N) is 2. The van der Waals surface area contributed by atoms with Crippen LogP contribution in [0.4, 0.5) is 0 Å². The molecule has 2 amide bonds. The Morgan fingerprint density at radius 1 is 1.00 bits per heavy atom. The predicted molar refractivity (Wildman–Crippen MR) is 85.7 cm³/mol. The van der Waals surface area contributed by atoms with E-state index in [-0.39, 0.29) is 11.8 Å². The van der Waals surface area contributed by atoms with Crippen LogP contribution in [-0.2, 0) is 4.79 Å².